The van der Waals surface area contributed by atoms with E-state index in [4.69, 9.17) is 17.3 Å². The van der Waals surface area contributed by atoms with Gasteiger partial charge in [-0.15, -0.1) is 0 Å². The first-order valence-electron chi connectivity index (χ1n) is 6.95. The van der Waals surface area contributed by atoms with E-state index in [9.17, 15) is 9.90 Å². The lowest BCUT2D eigenvalue weighted by Crippen LogP contribution is -2.45. The number of nitrogens with two attached hydrogens (primary N) is 1. The summed E-state index contributed by atoms with van der Waals surface area (Å²) >= 11 is 5.88. The Morgan fingerprint density at radius 1 is 1.55 bits per heavy atom. The first-order chi connectivity index (χ1) is 9.38. The Balaban J connectivity index is 1.98. The maximum atomic E-state index is 12.1. The summed E-state index contributed by atoms with van der Waals surface area (Å²) in [5.41, 5.74) is 5.74. The number of halogens is 1. The van der Waals surface area contributed by atoms with E-state index in [1.54, 1.807) is 18.2 Å². The van der Waals surface area contributed by atoms with Crippen molar-refractivity contribution in [3.63, 3.8) is 0 Å². The zero-order valence-electron chi connectivity index (χ0n) is 11.7. The number of aliphatic hydroxyl groups is 1. The number of hydrogen-bond donors (Lipinski definition) is 3. The maximum absolute atomic E-state index is 12.1. The molecule has 0 radical (unpaired) electrons. The number of anilines is 1. The summed E-state index contributed by atoms with van der Waals surface area (Å²) < 4.78 is 0. The SMILES string of the molecule is CC1CCCC(O)(CNC(=O)c2cc(N)cc(Cl)c2)C1. The highest BCUT2D eigenvalue weighted by Crippen LogP contribution is 2.31. The Kier molecular flexibility index (Phi) is 4.55. The van der Waals surface area contributed by atoms with Crippen molar-refractivity contribution < 1.29 is 9.90 Å². The van der Waals surface area contributed by atoms with Crippen LogP contribution >= 0.6 is 11.6 Å². The van der Waals surface area contributed by atoms with Crippen LogP contribution in [-0.2, 0) is 0 Å². The second-order valence-electron chi connectivity index (χ2n) is 5.88. The molecule has 4 N–H and O–H groups in total. The van der Waals surface area contributed by atoms with Gasteiger partial charge in [0.15, 0.2) is 0 Å². The van der Waals surface area contributed by atoms with Gasteiger partial charge in [0.05, 0.1) is 5.60 Å². The van der Waals surface area contributed by atoms with E-state index in [0.29, 0.717) is 22.2 Å². The van der Waals surface area contributed by atoms with E-state index < -0.39 is 5.60 Å². The van der Waals surface area contributed by atoms with Crippen LogP contribution in [0.1, 0.15) is 43.0 Å². The van der Waals surface area contributed by atoms with E-state index in [1.165, 1.54) is 0 Å². The van der Waals surface area contributed by atoms with Crippen molar-refractivity contribution in [1.82, 2.24) is 5.32 Å². The average Bonchev–Trinajstić information content (AvgIpc) is 2.34. The maximum Gasteiger partial charge on any atom is 0.251 e. The minimum Gasteiger partial charge on any atom is -0.399 e. The summed E-state index contributed by atoms with van der Waals surface area (Å²) in [5.74, 6) is 0.235. The molecule has 1 saturated carbocycles. The van der Waals surface area contributed by atoms with E-state index in [2.05, 4.69) is 12.2 Å². The van der Waals surface area contributed by atoms with Crippen molar-refractivity contribution in [3.8, 4) is 0 Å². The molecular formula is C15H21ClN2O2. The van der Waals surface area contributed by atoms with E-state index in [-0.39, 0.29) is 12.5 Å². The summed E-state index contributed by atoms with van der Waals surface area (Å²) in [4.78, 5) is 12.1. The normalized spacial score (nSPS) is 26.2. The van der Waals surface area contributed by atoms with Gasteiger partial charge in [-0.05, 0) is 37.0 Å². The number of carbonyl (C=O) groups excluding carboxylic acids is 1. The quantitative estimate of drug-likeness (QED) is 0.751. The smallest absolute Gasteiger partial charge is 0.251 e. The van der Waals surface area contributed by atoms with Crippen LogP contribution in [0, 0.1) is 5.92 Å². The number of rotatable bonds is 3. The van der Waals surface area contributed by atoms with Crippen LogP contribution in [0.4, 0.5) is 5.69 Å². The van der Waals surface area contributed by atoms with Gasteiger partial charge in [0, 0.05) is 22.8 Å². The highest BCUT2D eigenvalue weighted by atomic mass is 35.5. The predicted octanol–water partition coefficient (Wildman–Crippen LogP) is 2.59. The molecule has 1 aliphatic carbocycles. The number of benzene rings is 1. The summed E-state index contributed by atoms with van der Waals surface area (Å²) in [6.07, 6.45) is 3.60. The van der Waals surface area contributed by atoms with Crippen molar-refractivity contribution in [2.75, 3.05) is 12.3 Å². The van der Waals surface area contributed by atoms with Crippen LogP contribution in [0.25, 0.3) is 0 Å². The number of amides is 1. The zero-order valence-corrected chi connectivity index (χ0v) is 12.4. The molecule has 1 amide bonds. The van der Waals surface area contributed by atoms with E-state index in [0.717, 1.165) is 25.7 Å². The van der Waals surface area contributed by atoms with Gasteiger partial charge in [0.1, 0.15) is 0 Å². The Bertz CT molecular complexity index is 486. The molecule has 1 aromatic carbocycles. The van der Waals surface area contributed by atoms with Crippen LogP contribution < -0.4 is 11.1 Å². The monoisotopic (exact) mass is 296 g/mol. The lowest BCUT2D eigenvalue weighted by atomic mass is 9.79. The van der Waals surface area contributed by atoms with Gasteiger partial charge in [-0.3, -0.25) is 4.79 Å². The fourth-order valence-electron chi connectivity index (χ4n) is 2.88. The molecular weight excluding hydrogens is 276 g/mol. The van der Waals surface area contributed by atoms with Gasteiger partial charge in [-0.1, -0.05) is 31.4 Å². The third-order valence-corrected chi connectivity index (χ3v) is 4.05. The molecule has 110 valence electrons. The van der Waals surface area contributed by atoms with Crippen molar-refractivity contribution >= 4 is 23.2 Å². The molecule has 5 heteroatoms. The highest BCUT2D eigenvalue weighted by molar-refractivity contribution is 6.31. The third kappa shape index (κ3) is 3.87. The van der Waals surface area contributed by atoms with Crippen LogP contribution in [-0.4, -0.2) is 23.2 Å². The molecule has 0 spiro atoms. The lowest BCUT2D eigenvalue weighted by molar-refractivity contribution is -0.0109. The second-order valence-corrected chi connectivity index (χ2v) is 6.32. The fourth-order valence-corrected chi connectivity index (χ4v) is 3.13. The molecule has 2 atom stereocenters. The molecule has 1 aromatic rings. The first-order valence-corrected chi connectivity index (χ1v) is 7.32. The number of nitrogen functional groups attached to an aromatic ring is 1. The van der Waals surface area contributed by atoms with Gasteiger partial charge >= 0.3 is 0 Å². The molecule has 2 rings (SSSR count). The second kappa shape index (κ2) is 6.02. The highest BCUT2D eigenvalue weighted by Gasteiger charge is 2.32. The summed E-state index contributed by atoms with van der Waals surface area (Å²) in [5, 5.41) is 13.7. The first kappa shape index (κ1) is 15.1. The van der Waals surface area contributed by atoms with Crippen LogP contribution in [0.5, 0.6) is 0 Å². The molecule has 2 unspecified atom stereocenters. The third-order valence-electron chi connectivity index (χ3n) is 3.83. The largest absolute Gasteiger partial charge is 0.399 e. The zero-order chi connectivity index (χ0) is 14.8. The summed E-state index contributed by atoms with van der Waals surface area (Å²) in [6, 6.07) is 4.74. The van der Waals surface area contributed by atoms with Gasteiger partial charge in [0.25, 0.3) is 5.91 Å². The van der Waals surface area contributed by atoms with Crippen molar-refractivity contribution in [2.45, 2.75) is 38.2 Å². The lowest BCUT2D eigenvalue weighted by Gasteiger charge is -2.35. The van der Waals surface area contributed by atoms with Crippen LogP contribution in [0.3, 0.4) is 0 Å². The molecule has 0 bridgehead atoms. The van der Waals surface area contributed by atoms with E-state index >= 15 is 0 Å². The van der Waals surface area contributed by atoms with Crippen molar-refractivity contribution in [3.05, 3.63) is 28.8 Å². The Morgan fingerprint density at radius 3 is 2.95 bits per heavy atom. The Labute approximate surface area is 124 Å². The number of carbonyl (C=O) groups is 1. The average molecular weight is 297 g/mol. The van der Waals surface area contributed by atoms with Gasteiger partial charge in [-0.25, -0.2) is 0 Å². The molecule has 0 aromatic heterocycles. The standard InChI is InChI=1S/C15H21ClN2O2/c1-10-3-2-4-15(20,8-10)9-18-14(19)11-5-12(16)7-13(17)6-11/h5-7,10,20H,2-4,8-9,17H2,1H3,(H,18,19). The molecule has 1 aliphatic rings. The minimum absolute atomic E-state index is 0.258. The topological polar surface area (TPSA) is 75.3 Å². The molecule has 0 saturated heterocycles. The molecule has 4 nitrogen and oxygen atoms in total. The predicted molar refractivity (Wildman–Crippen MR) is 80.8 cm³/mol. The van der Waals surface area contributed by atoms with Gasteiger partial charge < -0.3 is 16.2 Å². The Hall–Kier alpha value is -1.26. The Morgan fingerprint density at radius 2 is 2.30 bits per heavy atom. The van der Waals surface area contributed by atoms with Crippen molar-refractivity contribution in [1.29, 1.82) is 0 Å². The van der Waals surface area contributed by atoms with Crippen LogP contribution in [0.15, 0.2) is 18.2 Å². The molecule has 0 aliphatic heterocycles. The molecule has 0 heterocycles. The molecule has 20 heavy (non-hydrogen) atoms. The van der Waals surface area contributed by atoms with Crippen molar-refractivity contribution in [2.24, 2.45) is 5.92 Å². The minimum atomic E-state index is -0.794. The van der Waals surface area contributed by atoms with Gasteiger partial charge in [-0.2, -0.15) is 0 Å². The molecule has 1 fully saturated rings. The van der Waals surface area contributed by atoms with E-state index in [1.807, 2.05) is 0 Å². The summed E-state index contributed by atoms with van der Waals surface area (Å²) in [6.45, 7) is 2.40. The summed E-state index contributed by atoms with van der Waals surface area (Å²) in [7, 11) is 0. The van der Waals surface area contributed by atoms with Gasteiger partial charge in [0.2, 0.25) is 0 Å². The number of hydrogen-bond acceptors (Lipinski definition) is 3. The number of nitrogens with one attached hydrogen (secondary N) is 1. The fraction of sp³-hybridized carbons (Fsp3) is 0.533. The van der Waals surface area contributed by atoms with Crippen LogP contribution in [0.2, 0.25) is 5.02 Å².